The van der Waals surface area contributed by atoms with E-state index >= 15 is 0 Å². The lowest BCUT2D eigenvalue weighted by Gasteiger charge is -2.31. The summed E-state index contributed by atoms with van der Waals surface area (Å²) in [6.07, 6.45) is 4.10. The van der Waals surface area contributed by atoms with Gasteiger partial charge in [-0.15, -0.1) is 0 Å². The molecule has 1 saturated carbocycles. The molecule has 1 fully saturated rings. The number of hydrogen-bond acceptors (Lipinski definition) is 3. The minimum absolute atomic E-state index is 0.193. The number of methoxy groups -OCH3 is 1. The number of ether oxygens (including phenoxy) is 1. The number of rotatable bonds is 4. The van der Waals surface area contributed by atoms with Crippen molar-refractivity contribution in [1.29, 1.82) is 0 Å². The Morgan fingerprint density at radius 2 is 2.00 bits per heavy atom. The number of nitrogens with one attached hydrogen (secondary N) is 1. The van der Waals surface area contributed by atoms with Crippen molar-refractivity contribution < 1.29 is 9.84 Å². The Morgan fingerprint density at radius 1 is 1.28 bits per heavy atom. The normalized spacial score (nSPS) is 25.7. The molecule has 0 radical (unpaired) electrons. The first-order chi connectivity index (χ1) is 8.72. The van der Waals surface area contributed by atoms with Crippen LogP contribution in [0.15, 0.2) is 24.3 Å². The molecule has 0 heterocycles. The van der Waals surface area contributed by atoms with E-state index in [1.807, 2.05) is 18.2 Å². The highest BCUT2D eigenvalue weighted by Gasteiger charge is 2.25. The predicted molar refractivity (Wildman–Crippen MR) is 72.8 cm³/mol. The Kier molecular flexibility index (Phi) is 4.61. The average molecular weight is 249 g/mol. The van der Waals surface area contributed by atoms with E-state index in [2.05, 4.69) is 18.3 Å². The zero-order chi connectivity index (χ0) is 13.0. The van der Waals surface area contributed by atoms with Crippen molar-refractivity contribution in [1.82, 2.24) is 5.32 Å². The van der Waals surface area contributed by atoms with Crippen molar-refractivity contribution in [2.75, 3.05) is 7.11 Å². The van der Waals surface area contributed by atoms with E-state index in [9.17, 15) is 5.11 Å². The average Bonchev–Trinajstić information content (AvgIpc) is 2.41. The molecule has 3 heteroatoms. The molecule has 100 valence electrons. The van der Waals surface area contributed by atoms with Crippen LogP contribution in [0.1, 0.15) is 44.2 Å². The molecule has 0 aliphatic heterocycles. The topological polar surface area (TPSA) is 41.5 Å². The van der Waals surface area contributed by atoms with E-state index in [0.717, 1.165) is 30.6 Å². The Morgan fingerprint density at radius 3 is 2.72 bits per heavy atom. The molecule has 0 unspecified atom stereocenters. The number of hydrogen-bond donors (Lipinski definition) is 2. The van der Waals surface area contributed by atoms with Gasteiger partial charge in [0.25, 0.3) is 0 Å². The fourth-order valence-corrected chi connectivity index (χ4v) is 2.74. The summed E-state index contributed by atoms with van der Waals surface area (Å²) in [6, 6.07) is 8.45. The monoisotopic (exact) mass is 249 g/mol. The molecule has 3 nitrogen and oxygen atoms in total. The molecule has 1 aliphatic carbocycles. The van der Waals surface area contributed by atoms with E-state index in [4.69, 9.17) is 4.74 Å². The molecule has 0 bridgehead atoms. The molecule has 0 saturated heterocycles. The minimum atomic E-state index is -0.212. The molecule has 18 heavy (non-hydrogen) atoms. The fraction of sp³-hybridized carbons (Fsp3) is 0.600. The van der Waals surface area contributed by atoms with Gasteiger partial charge in [0, 0.05) is 17.6 Å². The van der Waals surface area contributed by atoms with Gasteiger partial charge in [0.05, 0.1) is 13.2 Å². The number of benzene rings is 1. The molecule has 2 N–H and O–H groups in total. The van der Waals surface area contributed by atoms with Gasteiger partial charge < -0.3 is 15.2 Å². The van der Waals surface area contributed by atoms with Crippen LogP contribution in [-0.4, -0.2) is 24.4 Å². The first-order valence-corrected chi connectivity index (χ1v) is 6.79. The predicted octanol–water partition coefficient (Wildman–Crippen LogP) is 2.65. The molecule has 1 aromatic rings. The lowest BCUT2D eigenvalue weighted by Crippen LogP contribution is -2.43. The highest BCUT2D eigenvalue weighted by molar-refractivity contribution is 5.35. The highest BCUT2D eigenvalue weighted by atomic mass is 16.5. The second kappa shape index (κ2) is 6.21. The molecule has 0 amide bonds. The van der Waals surface area contributed by atoms with Gasteiger partial charge in [0.1, 0.15) is 5.75 Å². The van der Waals surface area contributed by atoms with Crippen LogP contribution in [0.3, 0.4) is 0 Å². The van der Waals surface area contributed by atoms with Crippen molar-refractivity contribution in [3.05, 3.63) is 29.8 Å². The summed E-state index contributed by atoms with van der Waals surface area (Å²) in [6.45, 7) is 2.12. The zero-order valence-electron chi connectivity index (χ0n) is 11.2. The number of para-hydroxylation sites is 1. The van der Waals surface area contributed by atoms with Crippen molar-refractivity contribution in [2.45, 2.75) is 50.8 Å². The summed E-state index contributed by atoms with van der Waals surface area (Å²) in [5.41, 5.74) is 1.15. The molecule has 1 aromatic carbocycles. The van der Waals surface area contributed by atoms with Crippen molar-refractivity contribution in [3.8, 4) is 5.75 Å². The lowest BCUT2D eigenvalue weighted by atomic mass is 9.91. The first-order valence-electron chi connectivity index (χ1n) is 6.79. The van der Waals surface area contributed by atoms with E-state index in [1.165, 1.54) is 6.42 Å². The van der Waals surface area contributed by atoms with Gasteiger partial charge in [0.15, 0.2) is 0 Å². The molecule has 2 rings (SSSR count). The van der Waals surface area contributed by atoms with Crippen molar-refractivity contribution in [3.63, 3.8) is 0 Å². The first kappa shape index (κ1) is 13.4. The maximum absolute atomic E-state index is 10.00. The third-order valence-electron chi connectivity index (χ3n) is 3.80. The molecule has 0 aromatic heterocycles. The second-order valence-corrected chi connectivity index (χ2v) is 5.09. The van der Waals surface area contributed by atoms with Crippen LogP contribution in [0.25, 0.3) is 0 Å². The van der Waals surface area contributed by atoms with Gasteiger partial charge in [-0.05, 0) is 25.8 Å². The molecule has 0 spiro atoms. The highest BCUT2D eigenvalue weighted by Crippen LogP contribution is 2.27. The van der Waals surface area contributed by atoms with Crippen molar-refractivity contribution in [2.24, 2.45) is 0 Å². The quantitative estimate of drug-likeness (QED) is 0.862. The Hall–Kier alpha value is -1.06. The summed E-state index contributed by atoms with van der Waals surface area (Å²) in [7, 11) is 1.70. The van der Waals surface area contributed by atoms with Crippen LogP contribution in [0.4, 0.5) is 0 Å². The van der Waals surface area contributed by atoms with Crippen LogP contribution < -0.4 is 10.1 Å². The standard InChI is InChI=1S/C15H23NO2/c1-11(12-7-3-6-10-15(12)18-2)16-13-8-4-5-9-14(13)17/h3,6-7,10-11,13-14,16-17H,4-5,8-9H2,1-2H3/t11-,13+,14+/m0/s1. The summed E-state index contributed by atoms with van der Waals surface area (Å²) in [4.78, 5) is 0. The van der Waals surface area contributed by atoms with Crippen LogP contribution in [0.5, 0.6) is 5.75 Å². The van der Waals surface area contributed by atoms with Crippen LogP contribution in [0.2, 0.25) is 0 Å². The van der Waals surface area contributed by atoms with E-state index in [0.29, 0.717) is 0 Å². The van der Waals surface area contributed by atoms with E-state index < -0.39 is 0 Å². The number of aliphatic hydroxyl groups excluding tert-OH is 1. The van der Waals surface area contributed by atoms with Crippen LogP contribution in [0, 0.1) is 0 Å². The molecular formula is C15H23NO2. The third-order valence-corrected chi connectivity index (χ3v) is 3.80. The second-order valence-electron chi connectivity index (χ2n) is 5.09. The van der Waals surface area contributed by atoms with Crippen molar-refractivity contribution >= 4 is 0 Å². The van der Waals surface area contributed by atoms with Crippen LogP contribution in [-0.2, 0) is 0 Å². The van der Waals surface area contributed by atoms with Gasteiger partial charge in [-0.1, -0.05) is 31.0 Å². The zero-order valence-corrected chi connectivity index (χ0v) is 11.2. The Balaban J connectivity index is 2.04. The molecule has 1 aliphatic rings. The van der Waals surface area contributed by atoms with Gasteiger partial charge in [-0.2, -0.15) is 0 Å². The molecular weight excluding hydrogens is 226 g/mol. The van der Waals surface area contributed by atoms with Gasteiger partial charge in [-0.25, -0.2) is 0 Å². The van der Waals surface area contributed by atoms with Gasteiger partial charge in [-0.3, -0.25) is 0 Å². The smallest absolute Gasteiger partial charge is 0.123 e. The summed E-state index contributed by atoms with van der Waals surface area (Å²) < 4.78 is 5.38. The Labute approximate surface area is 109 Å². The minimum Gasteiger partial charge on any atom is -0.496 e. The maximum Gasteiger partial charge on any atom is 0.123 e. The maximum atomic E-state index is 10.00. The molecule has 3 atom stereocenters. The van der Waals surface area contributed by atoms with Gasteiger partial charge >= 0.3 is 0 Å². The largest absolute Gasteiger partial charge is 0.496 e. The fourth-order valence-electron chi connectivity index (χ4n) is 2.74. The van der Waals surface area contributed by atoms with Crippen LogP contribution >= 0.6 is 0 Å². The number of aliphatic hydroxyl groups is 1. The summed E-state index contributed by atoms with van der Waals surface area (Å²) in [5, 5.41) is 13.5. The Bertz CT molecular complexity index is 381. The summed E-state index contributed by atoms with van der Waals surface area (Å²) >= 11 is 0. The summed E-state index contributed by atoms with van der Waals surface area (Å²) in [5.74, 6) is 0.905. The lowest BCUT2D eigenvalue weighted by molar-refractivity contribution is 0.0858. The van der Waals surface area contributed by atoms with Gasteiger partial charge in [0.2, 0.25) is 0 Å². The third kappa shape index (κ3) is 3.03. The SMILES string of the molecule is COc1ccccc1[C@H](C)N[C@@H]1CCCC[C@H]1O. The van der Waals surface area contributed by atoms with E-state index in [1.54, 1.807) is 7.11 Å². The van der Waals surface area contributed by atoms with E-state index in [-0.39, 0.29) is 18.2 Å².